The molecule has 4 N–H and O–H groups in total. The molecule has 0 aromatic carbocycles. The number of nitrogens with zero attached hydrogens (tertiary/aromatic N) is 1. The lowest BCUT2D eigenvalue weighted by atomic mass is 9.95. The molecule has 1 atom stereocenters. The van der Waals surface area contributed by atoms with Crippen molar-refractivity contribution in [1.29, 1.82) is 0 Å². The Morgan fingerprint density at radius 1 is 1.38 bits per heavy atom. The summed E-state index contributed by atoms with van der Waals surface area (Å²) in [6.45, 7) is 1.77. The number of urea groups is 1. The molecule has 1 unspecified atom stereocenters. The first-order valence-electron chi connectivity index (χ1n) is 8.43. The molecule has 8 nitrogen and oxygen atoms in total. The van der Waals surface area contributed by atoms with Crippen LogP contribution >= 0.6 is 11.3 Å². The number of carbonyl (C=O) groups excluding carboxylic acids is 3. The third-order valence-electron chi connectivity index (χ3n) is 4.76. The Morgan fingerprint density at radius 2 is 2.12 bits per heavy atom. The van der Waals surface area contributed by atoms with Crippen LogP contribution in [0.4, 0.5) is 4.79 Å². The van der Waals surface area contributed by atoms with Gasteiger partial charge in [-0.05, 0) is 37.4 Å². The zero-order chi connectivity index (χ0) is 18.7. The molecule has 2 aliphatic heterocycles. The van der Waals surface area contributed by atoms with Gasteiger partial charge in [0.1, 0.15) is 0 Å². The predicted octanol–water partition coefficient (Wildman–Crippen LogP) is 0.726. The molecule has 2 aliphatic rings. The molecule has 0 bridgehead atoms. The van der Waals surface area contributed by atoms with E-state index in [4.69, 9.17) is 10.5 Å². The highest BCUT2D eigenvalue weighted by Gasteiger charge is 2.35. The van der Waals surface area contributed by atoms with Crippen molar-refractivity contribution in [2.24, 2.45) is 11.7 Å². The van der Waals surface area contributed by atoms with Crippen molar-refractivity contribution in [3.8, 4) is 0 Å². The van der Waals surface area contributed by atoms with E-state index < -0.39 is 12.0 Å². The Morgan fingerprint density at radius 3 is 2.69 bits per heavy atom. The molecule has 1 aromatic heterocycles. The Labute approximate surface area is 155 Å². The Bertz CT molecular complexity index is 723. The van der Waals surface area contributed by atoms with Crippen LogP contribution in [0, 0.1) is 5.92 Å². The van der Waals surface area contributed by atoms with E-state index in [-0.39, 0.29) is 17.9 Å². The summed E-state index contributed by atoms with van der Waals surface area (Å²) in [5.41, 5.74) is 6.32. The lowest BCUT2D eigenvalue weighted by Gasteiger charge is -2.34. The summed E-state index contributed by atoms with van der Waals surface area (Å²) in [6, 6.07) is 2.87. The number of hydrogen-bond donors (Lipinski definition) is 3. The largest absolute Gasteiger partial charge is 0.466 e. The van der Waals surface area contributed by atoms with Crippen molar-refractivity contribution in [3.63, 3.8) is 0 Å². The van der Waals surface area contributed by atoms with Gasteiger partial charge in [-0.15, -0.1) is 11.3 Å². The van der Waals surface area contributed by atoms with Crippen LogP contribution in [0.15, 0.2) is 28.8 Å². The molecule has 140 valence electrons. The maximum atomic E-state index is 12.4. The molecule has 0 saturated carbocycles. The molecule has 0 spiro atoms. The fourth-order valence-electron chi connectivity index (χ4n) is 3.36. The van der Waals surface area contributed by atoms with Gasteiger partial charge in [-0.3, -0.25) is 9.69 Å². The van der Waals surface area contributed by atoms with E-state index in [9.17, 15) is 14.4 Å². The van der Waals surface area contributed by atoms with Gasteiger partial charge in [-0.2, -0.15) is 0 Å². The van der Waals surface area contributed by atoms with E-state index in [1.807, 2.05) is 17.5 Å². The normalized spacial score (nSPS) is 21.9. The summed E-state index contributed by atoms with van der Waals surface area (Å²) < 4.78 is 4.96. The monoisotopic (exact) mass is 378 g/mol. The summed E-state index contributed by atoms with van der Waals surface area (Å²) in [5.74, 6) is -0.855. The SMILES string of the molecule is COC(=O)C1=C(CN2CCC(C(N)=O)CC2)NC(=O)NC1c1cccs1. The quantitative estimate of drug-likeness (QED) is 0.654. The van der Waals surface area contributed by atoms with Gasteiger partial charge in [0.25, 0.3) is 0 Å². The number of piperidine rings is 1. The zero-order valence-electron chi connectivity index (χ0n) is 14.5. The van der Waals surface area contributed by atoms with Gasteiger partial charge in [0.2, 0.25) is 5.91 Å². The number of amides is 3. The molecule has 1 saturated heterocycles. The number of methoxy groups -OCH3 is 1. The van der Waals surface area contributed by atoms with Crippen LogP contribution in [-0.4, -0.2) is 49.6 Å². The van der Waals surface area contributed by atoms with Gasteiger partial charge < -0.3 is 21.1 Å². The molecule has 0 radical (unpaired) electrons. The summed E-state index contributed by atoms with van der Waals surface area (Å²) in [6.07, 6.45) is 1.35. The standard InChI is InChI=1S/C17H22N4O4S/c1-25-16(23)13-11(9-21-6-4-10(5-7-21)15(18)22)19-17(24)20-14(13)12-3-2-8-26-12/h2-3,8,10,14H,4-7,9H2,1H3,(H2,18,22)(H2,19,20,24). The van der Waals surface area contributed by atoms with E-state index in [1.54, 1.807) is 0 Å². The number of thiophene rings is 1. The predicted molar refractivity (Wildman–Crippen MR) is 96.1 cm³/mol. The van der Waals surface area contributed by atoms with Crippen LogP contribution in [0.1, 0.15) is 23.8 Å². The summed E-state index contributed by atoms with van der Waals surface area (Å²) >= 11 is 1.47. The van der Waals surface area contributed by atoms with Gasteiger partial charge in [0.15, 0.2) is 0 Å². The molecule has 3 heterocycles. The Hall–Kier alpha value is -2.39. The second-order valence-corrected chi connectivity index (χ2v) is 7.36. The zero-order valence-corrected chi connectivity index (χ0v) is 15.3. The van der Waals surface area contributed by atoms with Crippen molar-refractivity contribution in [2.75, 3.05) is 26.7 Å². The average molecular weight is 378 g/mol. The highest BCUT2D eigenvalue weighted by atomic mass is 32.1. The fraction of sp³-hybridized carbons (Fsp3) is 0.471. The minimum atomic E-state index is -0.533. The van der Waals surface area contributed by atoms with Crippen molar-refractivity contribution in [2.45, 2.75) is 18.9 Å². The third-order valence-corrected chi connectivity index (χ3v) is 5.70. The first-order valence-corrected chi connectivity index (χ1v) is 9.31. The second kappa shape index (κ2) is 7.88. The third kappa shape index (κ3) is 3.88. The first-order chi connectivity index (χ1) is 12.5. The molecule has 9 heteroatoms. The van der Waals surface area contributed by atoms with Crippen LogP contribution in [0.5, 0.6) is 0 Å². The number of ether oxygens (including phenoxy) is 1. The summed E-state index contributed by atoms with van der Waals surface area (Å²) in [4.78, 5) is 38.9. The smallest absolute Gasteiger partial charge is 0.338 e. The minimum absolute atomic E-state index is 0.109. The molecule has 1 fully saturated rings. The summed E-state index contributed by atoms with van der Waals surface area (Å²) in [7, 11) is 1.33. The lowest BCUT2D eigenvalue weighted by Crippen LogP contribution is -2.49. The number of primary amides is 1. The van der Waals surface area contributed by atoms with E-state index in [0.29, 0.717) is 43.7 Å². The van der Waals surface area contributed by atoms with Gasteiger partial charge >= 0.3 is 12.0 Å². The Balaban J connectivity index is 1.84. The van der Waals surface area contributed by atoms with E-state index in [2.05, 4.69) is 15.5 Å². The van der Waals surface area contributed by atoms with Crippen LogP contribution in [-0.2, 0) is 14.3 Å². The first kappa shape index (κ1) is 18.4. The van der Waals surface area contributed by atoms with E-state index in [1.165, 1.54) is 18.4 Å². The van der Waals surface area contributed by atoms with Gasteiger partial charge in [0.05, 0.1) is 18.7 Å². The van der Waals surface area contributed by atoms with Gasteiger partial charge in [0, 0.05) is 23.0 Å². The van der Waals surface area contributed by atoms with Crippen molar-refractivity contribution >= 4 is 29.2 Å². The van der Waals surface area contributed by atoms with Crippen molar-refractivity contribution < 1.29 is 19.1 Å². The van der Waals surface area contributed by atoms with Gasteiger partial charge in [-0.25, -0.2) is 9.59 Å². The second-order valence-electron chi connectivity index (χ2n) is 6.38. The molecule has 3 amide bonds. The maximum Gasteiger partial charge on any atom is 0.338 e. The van der Waals surface area contributed by atoms with E-state index in [0.717, 1.165) is 4.88 Å². The highest BCUT2D eigenvalue weighted by Crippen LogP contribution is 2.31. The molecular formula is C17H22N4O4S. The number of nitrogens with two attached hydrogens (primary N) is 1. The lowest BCUT2D eigenvalue weighted by molar-refractivity contribution is -0.136. The number of rotatable bonds is 5. The van der Waals surface area contributed by atoms with Crippen molar-refractivity contribution in [1.82, 2.24) is 15.5 Å². The van der Waals surface area contributed by atoms with Crippen LogP contribution < -0.4 is 16.4 Å². The van der Waals surface area contributed by atoms with Crippen LogP contribution in [0.3, 0.4) is 0 Å². The van der Waals surface area contributed by atoms with Gasteiger partial charge in [-0.1, -0.05) is 6.07 Å². The molecular weight excluding hydrogens is 356 g/mol. The molecule has 26 heavy (non-hydrogen) atoms. The number of hydrogen-bond acceptors (Lipinski definition) is 6. The van der Waals surface area contributed by atoms with Crippen LogP contribution in [0.25, 0.3) is 0 Å². The average Bonchev–Trinajstić information content (AvgIpc) is 3.15. The topological polar surface area (TPSA) is 114 Å². The van der Waals surface area contributed by atoms with Crippen LogP contribution in [0.2, 0.25) is 0 Å². The molecule has 3 rings (SSSR count). The summed E-state index contributed by atoms with van der Waals surface area (Å²) in [5, 5.41) is 7.45. The maximum absolute atomic E-state index is 12.4. The number of carbonyl (C=O) groups is 3. The highest BCUT2D eigenvalue weighted by molar-refractivity contribution is 7.10. The minimum Gasteiger partial charge on any atom is -0.466 e. The van der Waals surface area contributed by atoms with Crippen molar-refractivity contribution in [3.05, 3.63) is 33.7 Å². The van der Waals surface area contributed by atoms with E-state index >= 15 is 0 Å². The number of nitrogens with one attached hydrogen (secondary N) is 2. The molecule has 1 aromatic rings. The fourth-order valence-corrected chi connectivity index (χ4v) is 4.15. The number of likely N-dealkylation sites (tertiary alicyclic amines) is 1. The Kier molecular flexibility index (Phi) is 5.58. The molecule has 0 aliphatic carbocycles. The number of esters is 1.